The van der Waals surface area contributed by atoms with Gasteiger partial charge in [0, 0.05) is 19.2 Å². The topological polar surface area (TPSA) is 71.7 Å². The van der Waals surface area contributed by atoms with Gasteiger partial charge < -0.3 is 19.6 Å². The number of hydrogen-bond donors (Lipinski definition) is 2. The summed E-state index contributed by atoms with van der Waals surface area (Å²) in [7, 11) is 0. The second-order valence-electron chi connectivity index (χ2n) is 4.17. The lowest BCUT2D eigenvalue weighted by atomic mass is 10.1. The maximum absolute atomic E-state index is 10.6. The summed E-state index contributed by atoms with van der Waals surface area (Å²) in [6.07, 6.45) is 4.74. The third-order valence-corrected chi connectivity index (χ3v) is 2.86. The van der Waals surface area contributed by atoms with Crippen LogP contribution in [0, 0.1) is 0 Å². The first kappa shape index (κ1) is 12.0. The van der Waals surface area contributed by atoms with Crippen molar-refractivity contribution in [3.05, 3.63) is 17.9 Å². The lowest BCUT2D eigenvalue weighted by Crippen LogP contribution is -2.21. The van der Waals surface area contributed by atoms with Gasteiger partial charge in [0.05, 0.1) is 6.10 Å². The van der Waals surface area contributed by atoms with Crippen LogP contribution in [0.5, 0.6) is 0 Å². The van der Waals surface area contributed by atoms with E-state index in [0.29, 0.717) is 12.0 Å². The third-order valence-electron chi connectivity index (χ3n) is 2.86. The van der Waals surface area contributed by atoms with Gasteiger partial charge in [-0.25, -0.2) is 4.79 Å². The van der Waals surface area contributed by atoms with Gasteiger partial charge in [-0.15, -0.1) is 0 Å². The van der Waals surface area contributed by atoms with Gasteiger partial charge in [0.15, 0.2) is 5.88 Å². The van der Waals surface area contributed by atoms with Gasteiger partial charge in [0.1, 0.15) is 0 Å². The second kappa shape index (κ2) is 5.72. The summed E-state index contributed by atoms with van der Waals surface area (Å²) in [5, 5.41) is 11.7. The minimum Gasteiger partial charge on any atom is -0.475 e. The van der Waals surface area contributed by atoms with Crippen molar-refractivity contribution >= 4 is 11.9 Å². The van der Waals surface area contributed by atoms with Crippen molar-refractivity contribution in [3.63, 3.8) is 0 Å². The molecule has 0 radical (unpaired) electrons. The number of rotatable bonds is 5. The molecule has 94 valence electrons. The van der Waals surface area contributed by atoms with Crippen molar-refractivity contribution in [1.82, 2.24) is 0 Å². The molecule has 1 fully saturated rings. The molecule has 0 bridgehead atoms. The number of furan rings is 1. The van der Waals surface area contributed by atoms with Crippen LogP contribution in [0.3, 0.4) is 0 Å². The predicted octanol–water partition coefficient (Wildman–Crippen LogP) is 2.35. The van der Waals surface area contributed by atoms with Gasteiger partial charge in [-0.05, 0) is 31.7 Å². The smallest absolute Gasteiger partial charge is 0.371 e. The van der Waals surface area contributed by atoms with E-state index in [-0.39, 0.29) is 5.76 Å². The Hall–Kier alpha value is -1.49. The highest BCUT2D eigenvalue weighted by Gasteiger charge is 2.13. The summed E-state index contributed by atoms with van der Waals surface area (Å²) in [5.74, 6) is -0.590. The molecule has 2 N–H and O–H groups in total. The van der Waals surface area contributed by atoms with Crippen LogP contribution in [-0.4, -0.2) is 30.3 Å². The number of nitrogens with one attached hydrogen (secondary N) is 1. The lowest BCUT2D eigenvalue weighted by molar-refractivity contribution is 0.0134. The minimum absolute atomic E-state index is 0.0404. The van der Waals surface area contributed by atoms with Gasteiger partial charge in [0.2, 0.25) is 5.76 Å². The van der Waals surface area contributed by atoms with Crippen molar-refractivity contribution in [3.8, 4) is 0 Å². The quantitative estimate of drug-likeness (QED) is 0.825. The molecule has 5 heteroatoms. The van der Waals surface area contributed by atoms with E-state index in [9.17, 15) is 4.79 Å². The van der Waals surface area contributed by atoms with Crippen molar-refractivity contribution < 1.29 is 19.1 Å². The molecule has 17 heavy (non-hydrogen) atoms. The van der Waals surface area contributed by atoms with Gasteiger partial charge in [-0.1, -0.05) is 0 Å². The molecule has 0 amide bonds. The van der Waals surface area contributed by atoms with Gasteiger partial charge in [-0.2, -0.15) is 0 Å². The fraction of sp³-hybridized carbons (Fsp3) is 0.583. The van der Waals surface area contributed by atoms with Crippen LogP contribution >= 0.6 is 0 Å². The first-order valence-electron chi connectivity index (χ1n) is 5.94. The molecule has 0 aromatic carbocycles. The van der Waals surface area contributed by atoms with E-state index in [0.717, 1.165) is 32.4 Å². The second-order valence-corrected chi connectivity index (χ2v) is 4.17. The molecule has 1 aliphatic heterocycles. The summed E-state index contributed by atoms with van der Waals surface area (Å²) in [4.78, 5) is 10.6. The molecule has 1 aromatic heterocycles. The molecule has 5 nitrogen and oxygen atoms in total. The standard InChI is InChI=1S/C12H17NO4/c14-12(15)10-4-5-11(17-10)13-7-6-9-3-1-2-8-16-9/h4-5,9,13H,1-3,6-8H2,(H,14,15). The van der Waals surface area contributed by atoms with E-state index in [1.807, 2.05) is 0 Å². The predicted molar refractivity (Wildman–Crippen MR) is 62.4 cm³/mol. The summed E-state index contributed by atoms with van der Waals surface area (Å²) < 4.78 is 10.7. The molecule has 0 spiro atoms. The van der Waals surface area contributed by atoms with E-state index in [4.69, 9.17) is 14.3 Å². The number of ether oxygens (including phenoxy) is 1. The van der Waals surface area contributed by atoms with Gasteiger partial charge >= 0.3 is 5.97 Å². The molecule has 2 heterocycles. The summed E-state index contributed by atoms with van der Waals surface area (Å²) >= 11 is 0. The van der Waals surface area contributed by atoms with Gasteiger partial charge in [-0.3, -0.25) is 0 Å². The third kappa shape index (κ3) is 3.49. The van der Waals surface area contributed by atoms with E-state index in [1.54, 1.807) is 6.07 Å². The van der Waals surface area contributed by atoms with Gasteiger partial charge in [0.25, 0.3) is 0 Å². The van der Waals surface area contributed by atoms with E-state index < -0.39 is 5.97 Å². The van der Waals surface area contributed by atoms with Crippen molar-refractivity contribution in [2.75, 3.05) is 18.5 Å². The van der Waals surface area contributed by atoms with Crippen LogP contribution in [0.4, 0.5) is 5.88 Å². The largest absolute Gasteiger partial charge is 0.475 e. The zero-order chi connectivity index (χ0) is 12.1. The Morgan fingerprint density at radius 2 is 2.35 bits per heavy atom. The number of aromatic carboxylic acids is 1. The zero-order valence-corrected chi connectivity index (χ0v) is 9.65. The average Bonchev–Trinajstić information content (AvgIpc) is 2.79. The first-order valence-corrected chi connectivity index (χ1v) is 5.94. The SMILES string of the molecule is O=C(O)c1ccc(NCCC2CCCCO2)o1. The minimum atomic E-state index is -1.05. The maximum atomic E-state index is 10.6. The van der Waals surface area contributed by atoms with Crippen molar-refractivity contribution in [1.29, 1.82) is 0 Å². The number of carboxylic acids is 1. The lowest BCUT2D eigenvalue weighted by Gasteiger charge is -2.22. The van der Waals surface area contributed by atoms with Crippen molar-refractivity contribution in [2.24, 2.45) is 0 Å². The van der Waals surface area contributed by atoms with Crippen LogP contribution < -0.4 is 5.32 Å². The Labute approximate surface area is 99.8 Å². The van der Waals surface area contributed by atoms with Crippen LogP contribution in [-0.2, 0) is 4.74 Å². The molecule has 1 atom stereocenters. The van der Waals surface area contributed by atoms with Crippen LogP contribution in [0.25, 0.3) is 0 Å². The Bertz CT molecular complexity index is 368. The highest BCUT2D eigenvalue weighted by atomic mass is 16.5. The molecule has 1 unspecified atom stereocenters. The summed E-state index contributed by atoms with van der Waals surface area (Å²) in [6, 6.07) is 3.08. The molecule has 2 rings (SSSR count). The normalized spacial score (nSPS) is 20.1. The molecule has 1 aliphatic rings. The van der Waals surface area contributed by atoms with Crippen molar-refractivity contribution in [2.45, 2.75) is 31.8 Å². The Morgan fingerprint density at radius 1 is 1.47 bits per heavy atom. The number of hydrogen-bond acceptors (Lipinski definition) is 4. The van der Waals surface area contributed by atoms with E-state index in [2.05, 4.69) is 5.32 Å². The average molecular weight is 239 g/mol. The van der Waals surface area contributed by atoms with E-state index in [1.165, 1.54) is 12.5 Å². The molecular weight excluding hydrogens is 222 g/mol. The monoisotopic (exact) mass is 239 g/mol. The van der Waals surface area contributed by atoms with Crippen LogP contribution in [0.2, 0.25) is 0 Å². The Kier molecular flexibility index (Phi) is 4.03. The molecule has 0 saturated carbocycles. The number of carboxylic acid groups (broad SMARTS) is 1. The van der Waals surface area contributed by atoms with Crippen LogP contribution in [0.15, 0.2) is 16.5 Å². The zero-order valence-electron chi connectivity index (χ0n) is 9.65. The van der Waals surface area contributed by atoms with E-state index >= 15 is 0 Å². The summed E-state index contributed by atoms with van der Waals surface area (Å²) in [5.41, 5.74) is 0. The highest BCUT2D eigenvalue weighted by molar-refractivity contribution is 5.84. The molecular formula is C12H17NO4. The fourth-order valence-electron chi connectivity index (χ4n) is 1.94. The first-order chi connectivity index (χ1) is 8.25. The van der Waals surface area contributed by atoms with Crippen LogP contribution in [0.1, 0.15) is 36.2 Å². The Morgan fingerprint density at radius 3 is 3.00 bits per heavy atom. The molecule has 1 aromatic rings. The Balaban J connectivity index is 1.71. The number of carbonyl (C=O) groups is 1. The summed E-state index contributed by atoms with van der Waals surface area (Å²) in [6.45, 7) is 1.59. The maximum Gasteiger partial charge on any atom is 0.371 e. The highest BCUT2D eigenvalue weighted by Crippen LogP contribution is 2.17. The molecule has 0 aliphatic carbocycles. The molecule has 1 saturated heterocycles. The fourth-order valence-corrected chi connectivity index (χ4v) is 1.94. The number of anilines is 1.